The molecular weight excluding hydrogens is 416 g/mol. The number of methoxy groups -OCH3 is 1. The molecule has 3 rings (SSSR count). The van der Waals surface area contributed by atoms with Crippen LogP contribution in [-0.4, -0.2) is 75.2 Å². The van der Waals surface area contributed by atoms with Crippen molar-refractivity contribution in [1.29, 1.82) is 5.26 Å². The van der Waals surface area contributed by atoms with Crippen LogP contribution in [0.4, 0.5) is 0 Å². The average molecular weight is 457 g/mol. The Kier molecular flexibility index (Phi) is 9.83. The number of rotatable bonds is 10. The fourth-order valence-electron chi connectivity index (χ4n) is 5.02. The summed E-state index contributed by atoms with van der Waals surface area (Å²) in [5, 5.41) is 12.9. The van der Waals surface area contributed by atoms with Gasteiger partial charge in [0.15, 0.2) is 11.5 Å². The first-order valence-corrected chi connectivity index (χ1v) is 12.5. The molecule has 0 aromatic heterocycles. The van der Waals surface area contributed by atoms with E-state index in [0.29, 0.717) is 13.0 Å². The van der Waals surface area contributed by atoms with Crippen LogP contribution in [0, 0.1) is 17.2 Å². The summed E-state index contributed by atoms with van der Waals surface area (Å²) in [6.45, 7) is 7.79. The summed E-state index contributed by atoms with van der Waals surface area (Å²) in [4.78, 5) is 17.8. The van der Waals surface area contributed by atoms with Gasteiger partial charge < -0.3 is 24.6 Å². The van der Waals surface area contributed by atoms with Gasteiger partial charge in [-0.2, -0.15) is 5.26 Å². The second-order valence-corrected chi connectivity index (χ2v) is 9.32. The van der Waals surface area contributed by atoms with E-state index < -0.39 is 5.92 Å². The van der Waals surface area contributed by atoms with Crippen LogP contribution in [0.3, 0.4) is 0 Å². The normalized spacial score (nSPS) is 22.8. The van der Waals surface area contributed by atoms with Crippen molar-refractivity contribution < 1.29 is 14.3 Å². The minimum atomic E-state index is -0.588. The molecule has 1 saturated carbocycles. The number of piperazine rings is 1. The predicted octanol–water partition coefficient (Wildman–Crippen LogP) is 3.40. The number of likely N-dealkylation sites (N-methyl/N-ethyl adjacent to an activating group) is 1. The van der Waals surface area contributed by atoms with Gasteiger partial charge in [-0.1, -0.05) is 18.9 Å². The summed E-state index contributed by atoms with van der Waals surface area (Å²) < 4.78 is 11.2. The number of ether oxygens (including phenoxy) is 2. The molecule has 2 aliphatic rings. The second-order valence-electron chi connectivity index (χ2n) is 9.32. The van der Waals surface area contributed by atoms with Crippen LogP contribution in [0.1, 0.15) is 56.9 Å². The average Bonchev–Trinajstić information content (AvgIpc) is 2.83. The van der Waals surface area contributed by atoms with E-state index in [1.54, 1.807) is 7.11 Å². The van der Waals surface area contributed by atoms with Crippen molar-refractivity contribution >= 4 is 5.91 Å². The fraction of sp³-hybridized carbons (Fsp3) is 0.692. The number of nitriles is 1. The van der Waals surface area contributed by atoms with Gasteiger partial charge in [0.05, 0.1) is 19.8 Å². The van der Waals surface area contributed by atoms with Crippen molar-refractivity contribution in [1.82, 2.24) is 15.1 Å². The molecule has 1 heterocycles. The molecule has 0 spiro atoms. The largest absolute Gasteiger partial charge is 0.493 e. The molecule has 1 amide bonds. The summed E-state index contributed by atoms with van der Waals surface area (Å²) in [5.41, 5.74) is 1.16. The maximum absolute atomic E-state index is 13.0. The highest BCUT2D eigenvalue weighted by atomic mass is 16.5. The van der Waals surface area contributed by atoms with Gasteiger partial charge in [0, 0.05) is 38.1 Å². The number of carbonyl (C=O) groups excluding carboxylic acids is 1. The van der Waals surface area contributed by atoms with Crippen LogP contribution in [0.2, 0.25) is 0 Å². The van der Waals surface area contributed by atoms with Crippen molar-refractivity contribution in [2.75, 3.05) is 53.5 Å². The lowest BCUT2D eigenvalue weighted by molar-refractivity contribution is -0.124. The number of amides is 1. The van der Waals surface area contributed by atoms with E-state index >= 15 is 0 Å². The number of nitrogens with zero attached hydrogens (tertiary/aromatic N) is 3. The first-order chi connectivity index (χ1) is 16.0. The van der Waals surface area contributed by atoms with E-state index in [-0.39, 0.29) is 17.9 Å². The number of carbonyl (C=O) groups is 1. The van der Waals surface area contributed by atoms with Gasteiger partial charge in [-0.15, -0.1) is 0 Å². The molecule has 0 radical (unpaired) electrons. The molecule has 1 aliphatic heterocycles. The zero-order chi connectivity index (χ0) is 23.6. The van der Waals surface area contributed by atoms with E-state index in [1.165, 1.54) is 0 Å². The molecule has 7 nitrogen and oxygen atoms in total. The highest BCUT2D eigenvalue weighted by Crippen LogP contribution is 2.37. The predicted molar refractivity (Wildman–Crippen MR) is 130 cm³/mol. The second kappa shape index (κ2) is 12.8. The molecule has 33 heavy (non-hydrogen) atoms. The van der Waals surface area contributed by atoms with E-state index in [9.17, 15) is 10.1 Å². The Balaban J connectivity index is 1.58. The van der Waals surface area contributed by atoms with E-state index in [1.807, 2.05) is 13.0 Å². The lowest BCUT2D eigenvalue weighted by atomic mass is 9.79. The quantitative estimate of drug-likeness (QED) is 0.581. The Bertz CT molecular complexity index is 801. The van der Waals surface area contributed by atoms with Gasteiger partial charge in [0.2, 0.25) is 5.91 Å². The van der Waals surface area contributed by atoms with Crippen molar-refractivity contribution in [3.8, 4) is 17.6 Å². The molecule has 3 atom stereocenters. The number of hydrogen-bond acceptors (Lipinski definition) is 6. The van der Waals surface area contributed by atoms with E-state index in [0.717, 1.165) is 81.9 Å². The molecule has 0 bridgehead atoms. The Hall–Kier alpha value is -2.30. The van der Waals surface area contributed by atoms with Gasteiger partial charge >= 0.3 is 0 Å². The Morgan fingerprint density at radius 3 is 2.67 bits per heavy atom. The third kappa shape index (κ3) is 7.09. The third-order valence-corrected chi connectivity index (χ3v) is 7.04. The Morgan fingerprint density at radius 1 is 1.21 bits per heavy atom. The van der Waals surface area contributed by atoms with Crippen LogP contribution in [0.5, 0.6) is 11.5 Å². The lowest BCUT2D eigenvalue weighted by Gasteiger charge is -2.34. The molecule has 1 aliphatic carbocycles. The maximum Gasteiger partial charge on any atom is 0.237 e. The Labute approximate surface area is 199 Å². The van der Waals surface area contributed by atoms with Crippen molar-refractivity contribution in [2.24, 2.45) is 5.92 Å². The molecule has 7 heteroatoms. The zero-order valence-electron chi connectivity index (χ0n) is 20.5. The molecule has 2 fully saturated rings. The molecule has 1 aromatic carbocycles. The van der Waals surface area contributed by atoms with Crippen LogP contribution in [0.15, 0.2) is 18.2 Å². The molecule has 1 unspecified atom stereocenters. The van der Waals surface area contributed by atoms with Crippen molar-refractivity contribution in [3.05, 3.63) is 23.8 Å². The minimum absolute atomic E-state index is 0.0441. The third-order valence-electron chi connectivity index (χ3n) is 7.04. The van der Waals surface area contributed by atoms with Gasteiger partial charge in [0.1, 0.15) is 5.92 Å². The van der Waals surface area contributed by atoms with Crippen LogP contribution >= 0.6 is 0 Å². The monoisotopic (exact) mass is 456 g/mol. The molecule has 1 N–H and O–H groups in total. The zero-order valence-corrected chi connectivity index (χ0v) is 20.5. The SMILES string of the molecule is CCOc1cc([C@H]2CCCC[C@H]2NC(=O)C(C#N)CCCN2CCN(C)CC2)ccc1OC. The highest BCUT2D eigenvalue weighted by molar-refractivity contribution is 5.81. The highest BCUT2D eigenvalue weighted by Gasteiger charge is 2.30. The first kappa shape index (κ1) is 25.3. The summed E-state index contributed by atoms with van der Waals surface area (Å²) in [6, 6.07) is 8.38. The van der Waals surface area contributed by atoms with Gasteiger partial charge in [-0.05, 0) is 63.9 Å². The fourth-order valence-corrected chi connectivity index (χ4v) is 5.02. The molecular formula is C26H40N4O3. The van der Waals surface area contributed by atoms with Crippen molar-refractivity contribution in [2.45, 2.75) is 57.4 Å². The smallest absolute Gasteiger partial charge is 0.237 e. The molecule has 1 saturated heterocycles. The summed E-state index contributed by atoms with van der Waals surface area (Å²) in [6.07, 6.45) is 5.67. The number of hydrogen-bond donors (Lipinski definition) is 1. The summed E-state index contributed by atoms with van der Waals surface area (Å²) >= 11 is 0. The van der Waals surface area contributed by atoms with Gasteiger partial charge in [0.25, 0.3) is 0 Å². The number of benzene rings is 1. The standard InChI is InChI=1S/C26H40N4O3/c1-4-33-25-18-20(11-12-24(25)32-3)22-9-5-6-10-23(22)28-26(31)21(19-27)8-7-13-30-16-14-29(2)15-17-30/h11-12,18,21-23H,4-10,13-17H2,1-3H3,(H,28,31)/t21?,22-,23-/m1/s1. The first-order valence-electron chi connectivity index (χ1n) is 12.5. The minimum Gasteiger partial charge on any atom is -0.493 e. The molecule has 182 valence electrons. The summed E-state index contributed by atoms with van der Waals surface area (Å²) in [7, 11) is 3.79. The van der Waals surface area contributed by atoms with Gasteiger partial charge in [-0.25, -0.2) is 0 Å². The van der Waals surface area contributed by atoms with Crippen molar-refractivity contribution in [3.63, 3.8) is 0 Å². The number of nitrogens with one attached hydrogen (secondary N) is 1. The summed E-state index contributed by atoms with van der Waals surface area (Å²) in [5.74, 6) is 0.979. The Morgan fingerprint density at radius 2 is 1.97 bits per heavy atom. The molecule has 1 aromatic rings. The van der Waals surface area contributed by atoms with Crippen LogP contribution in [0.25, 0.3) is 0 Å². The van der Waals surface area contributed by atoms with E-state index in [2.05, 4.69) is 40.4 Å². The van der Waals surface area contributed by atoms with Crippen LogP contribution < -0.4 is 14.8 Å². The lowest BCUT2D eigenvalue weighted by Crippen LogP contribution is -2.45. The van der Waals surface area contributed by atoms with Crippen LogP contribution in [-0.2, 0) is 4.79 Å². The topological polar surface area (TPSA) is 77.8 Å². The van der Waals surface area contributed by atoms with Gasteiger partial charge in [-0.3, -0.25) is 4.79 Å². The van der Waals surface area contributed by atoms with E-state index in [4.69, 9.17) is 9.47 Å². The maximum atomic E-state index is 13.0.